The summed E-state index contributed by atoms with van der Waals surface area (Å²) in [5.41, 5.74) is 5.64. The molecule has 6 heteroatoms. The minimum absolute atomic E-state index is 0.0465. The van der Waals surface area contributed by atoms with Crippen LogP contribution in [0.4, 0.5) is 5.69 Å². The van der Waals surface area contributed by atoms with E-state index in [9.17, 15) is 14.7 Å². The predicted molar refractivity (Wildman–Crippen MR) is 84.3 cm³/mol. The van der Waals surface area contributed by atoms with Gasteiger partial charge in [-0.15, -0.1) is 0 Å². The van der Waals surface area contributed by atoms with E-state index in [1.54, 1.807) is 12.1 Å². The van der Waals surface area contributed by atoms with E-state index >= 15 is 0 Å². The van der Waals surface area contributed by atoms with Gasteiger partial charge in [0, 0.05) is 4.47 Å². The number of halogens is 1. The molecule has 1 aromatic carbocycles. The van der Waals surface area contributed by atoms with E-state index in [2.05, 4.69) is 28.2 Å². The molecule has 1 aliphatic rings. The zero-order valence-electron chi connectivity index (χ0n) is 11.9. The van der Waals surface area contributed by atoms with Gasteiger partial charge in [0.15, 0.2) is 0 Å². The first-order valence-corrected chi connectivity index (χ1v) is 7.74. The van der Waals surface area contributed by atoms with Gasteiger partial charge in [0.25, 0.3) is 0 Å². The van der Waals surface area contributed by atoms with Gasteiger partial charge in [-0.3, -0.25) is 4.79 Å². The summed E-state index contributed by atoms with van der Waals surface area (Å²) in [7, 11) is 0. The average Bonchev–Trinajstić information content (AvgIpc) is 2.40. The molecule has 0 aromatic heterocycles. The first-order valence-electron chi connectivity index (χ1n) is 6.95. The molecule has 2 rings (SSSR count). The highest BCUT2D eigenvalue weighted by atomic mass is 79.9. The second kappa shape index (κ2) is 6.15. The first kappa shape index (κ1) is 16.0. The van der Waals surface area contributed by atoms with Crippen molar-refractivity contribution in [1.82, 2.24) is 0 Å². The highest BCUT2D eigenvalue weighted by Crippen LogP contribution is 2.32. The number of nitrogens with two attached hydrogens (primary N) is 1. The van der Waals surface area contributed by atoms with E-state index in [4.69, 9.17) is 5.73 Å². The molecule has 114 valence electrons. The largest absolute Gasteiger partial charge is 0.478 e. The summed E-state index contributed by atoms with van der Waals surface area (Å²) in [6.07, 6.45) is 3.24. The Labute approximate surface area is 132 Å². The summed E-state index contributed by atoms with van der Waals surface area (Å²) < 4.78 is 0.645. The van der Waals surface area contributed by atoms with Crippen molar-refractivity contribution >= 4 is 33.5 Å². The molecule has 5 nitrogen and oxygen atoms in total. The third kappa shape index (κ3) is 3.63. The fourth-order valence-electron chi connectivity index (χ4n) is 2.85. The van der Waals surface area contributed by atoms with Crippen LogP contribution in [0.2, 0.25) is 0 Å². The molecule has 1 aliphatic carbocycles. The number of hydrogen-bond acceptors (Lipinski definition) is 3. The van der Waals surface area contributed by atoms with Crippen LogP contribution in [0.1, 0.15) is 43.0 Å². The Morgan fingerprint density at radius 3 is 2.81 bits per heavy atom. The van der Waals surface area contributed by atoms with E-state index < -0.39 is 11.5 Å². The lowest BCUT2D eigenvalue weighted by molar-refractivity contribution is -0.122. The van der Waals surface area contributed by atoms with Gasteiger partial charge < -0.3 is 16.2 Å². The monoisotopic (exact) mass is 354 g/mol. The molecule has 0 saturated heterocycles. The molecule has 4 N–H and O–H groups in total. The molecule has 0 bridgehead atoms. The van der Waals surface area contributed by atoms with E-state index in [-0.39, 0.29) is 17.2 Å². The van der Waals surface area contributed by atoms with Crippen molar-refractivity contribution in [2.45, 2.75) is 38.1 Å². The SMILES string of the molecule is CC1CCCC(N)(C(=O)Nc2ccc(Br)cc2C(=O)O)C1. The number of benzene rings is 1. The number of amides is 1. The summed E-state index contributed by atoms with van der Waals surface area (Å²) in [6, 6.07) is 4.72. The molecule has 1 aromatic rings. The van der Waals surface area contributed by atoms with E-state index in [0.717, 1.165) is 12.8 Å². The summed E-state index contributed by atoms with van der Waals surface area (Å²) in [5, 5.41) is 11.9. The van der Waals surface area contributed by atoms with Crippen LogP contribution < -0.4 is 11.1 Å². The quantitative estimate of drug-likeness (QED) is 0.777. The molecule has 0 spiro atoms. The lowest BCUT2D eigenvalue weighted by atomic mass is 9.76. The number of aromatic carboxylic acids is 1. The maximum Gasteiger partial charge on any atom is 0.337 e. The van der Waals surface area contributed by atoms with E-state index in [0.29, 0.717) is 23.2 Å². The molecule has 0 radical (unpaired) electrons. The van der Waals surface area contributed by atoms with Crippen molar-refractivity contribution in [2.24, 2.45) is 11.7 Å². The summed E-state index contributed by atoms with van der Waals surface area (Å²) in [4.78, 5) is 23.7. The number of hydrogen-bond donors (Lipinski definition) is 3. The number of anilines is 1. The van der Waals surface area contributed by atoms with Crippen LogP contribution >= 0.6 is 15.9 Å². The van der Waals surface area contributed by atoms with Crippen molar-refractivity contribution in [1.29, 1.82) is 0 Å². The summed E-state index contributed by atoms with van der Waals surface area (Å²) >= 11 is 3.23. The highest BCUT2D eigenvalue weighted by molar-refractivity contribution is 9.10. The average molecular weight is 355 g/mol. The van der Waals surface area contributed by atoms with Gasteiger partial charge in [-0.2, -0.15) is 0 Å². The molecule has 1 amide bonds. The molecule has 2 unspecified atom stereocenters. The van der Waals surface area contributed by atoms with Crippen LogP contribution in [0.5, 0.6) is 0 Å². The zero-order valence-corrected chi connectivity index (χ0v) is 13.4. The van der Waals surface area contributed by atoms with Gasteiger partial charge in [-0.05, 0) is 37.0 Å². The Morgan fingerprint density at radius 2 is 2.19 bits per heavy atom. The number of carbonyl (C=O) groups is 2. The van der Waals surface area contributed by atoms with Crippen LogP contribution in [0.3, 0.4) is 0 Å². The van der Waals surface area contributed by atoms with Gasteiger partial charge in [0.2, 0.25) is 5.91 Å². The van der Waals surface area contributed by atoms with Gasteiger partial charge in [-0.25, -0.2) is 4.79 Å². The van der Waals surface area contributed by atoms with Gasteiger partial charge in [0.05, 0.1) is 16.8 Å². The van der Waals surface area contributed by atoms with Crippen LogP contribution in [0.15, 0.2) is 22.7 Å². The first-order chi connectivity index (χ1) is 9.82. The second-order valence-corrected chi connectivity index (χ2v) is 6.72. The Morgan fingerprint density at radius 1 is 1.48 bits per heavy atom. The highest BCUT2D eigenvalue weighted by Gasteiger charge is 2.38. The van der Waals surface area contributed by atoms with Crippen LogP contribution in [0, 0.1) is 5.92 Å². The van der Waals surface area contributed by atoms with Gasteiger partial charge >= 0.3 is 5.97 Å². The Balaban J connectivity index is 2.21. The second-order valence-electron chi connectivity index (χ2n) is 5.81. The van der Waals surface area contributed by atoms with E-state index in [1.165, 1.54) is 6.07 Å². The fourth-order valence-corrected chi connectivity index (χ4v) is 3.21. The number of carbonyl (C=O) groups excluding carboxylic acids is 1. The minimum atomic E-state index is -1.09. The Kier molecular flexibility index (Phi) is 4.68. The van der Waals surface area contributed by atoms with Crippen molar-refractivity contribution in [2.75, 3.05) is 5.32 Å². The lowest BCUT2D eigenvalue weighted by Crippen LogP contribution is -2.53. The number of rotatable bonds is 3. The Hall–Kier alpha value is -1.40. The van der Waals surface area contributed by atoms with Crippen molar-refractivity contribution < 1.29 is 14.7 Å². The smallest absolute Gasteiger partial charge is 0.337 e. The van der Waals surface area contributed by atoms with Crippen LogP contribution in [-0.4, -0.2) is 22.5 Å². The minimum Gasteiger partial charge on any atom is -0.478 e. The molecule has 1 saturated carbocycles. The fraction of sp³-hybridized carbons (Fsp3) is 0.467. The maximum atomic E-state index is 12.5. The topological polar surface area (TPSA) is 92.4 Å². The zero-order chi connectivity index (χ0) is 15.6. The van der Waals surface area contributed by atoms with Crippen molar-refractivity contribution in [3.8, 4) is 0 Å². The number of carboxylic acids is 1. The molecule has 2 atom stereocenters. The molecule has 0 heterocycles. The third-order valence-electron chi connectivity index (χ3n) is 3.94. The molecular weight excluding hydrogens is 336 g/mol. The molecule has 0 aliphatic heterocycles. The van der Waals surface area contributed by atoms with Gasteiger partial charge in [-0.1, -0.05) is 35.7 Å². The maximum absolute atomic E-state index is 12.5. The lowest BCUT2D eigenvalue weighted by Gasteiger charge is -2.35. The van der Waals surface area contributed by atoms with Crippen LogP contribution in [-0.2, 0) is 4.79 Å². The van der Waals surface area contributed by atoms with Crippen molar-refractivity contribution in [3.63, 3.8) is 0 Å². The molecule has 1 fully saturated rings. The third-order valence-corrected chi connectivity index (χ3v) is 4.44. The predicted octanol–water partition coefficient (Wildman–Crippen LogP) is 2.99. The van der Waals surface area contributed by atoms with Crippen LogP contribution in [0.25, 0.3) is 0 Å². The number of nitrogens with one attached hydrogen (secondary N) is 1. The van der Waals surface area contributed by atoms with Crippen molar-refractivity contribution in [3.05, 3.63) is 28.2 Å². The normalized spacial score (nSPS) is 25.4. The standard InChI is InChI=1S/C15H19BrN2O3/c1-9-3-2-6-15(17,8-9)14(21)18-12-5-4-10(16)7-11(12)13(19)20/h4-5,7,9H,2-3,6,8,17H2,1H3,(H,18,21)(H,19,20). The Bertz CT molecular complexity index is 576. The number of carboxylic acid groups (broad SMARTS) is 1. The van der Waals surface area contributed by atoms with Gasteiger partial charge in [0.1, 0.15) is 0 Å². The molecular formula is C15H19BrN2O3. The van der Waals surface area contributed by atoms with E-state index in [1.807, 2.05) is 0 Å². The molecule has 21 heavy (non-hydrogen) atoms. The summed E-state index contributed by atoms with van der Waals surface area (Å²) in [5.74, 6) is -0.994. The summed E-state index contributed by atoms with van der Waals surface area (Å²) in [6.45, 7) is 2.08.